The number of aromatic nitrogens is 1. The van der Waals surface area contributed by atoms with E-state index in [1.807, 2.05) is 17.0 Å². The van der Waals surface area contributed by atoms with Crippen molar-refractivity contribution in [1.29, 1.82) is 0 Å². The van der Waals surface area contributed by atoms with Crippen LogP contribution in [-0.4, -0.2) is 54.3 Å². The number of rotatable bonds is 7. The zero-order valence-corrected chi connectivity index (χ0v) is 17.9. The van der Waals surface area contributed by atoms with E-state index in [2.05, 4.69) is 52.5 Å². The molecule has 5 rings (SSSR count). The van der Waals surface area contributed by atoms with Crippen LogP contribution in [0.5, 0.6) is 5.75 Å². The summed E-state index contributed by atoms with van der Waals surface area (Å²) in [4.78, 5) is 15.3. The molecule has 1 aromatic heterocycles. The number of carbonyl (C=O) groups excluding carboxylic acids is 1. The van der Waals surface area contributed by atoms with Gasteiger partial charge in [0.05, 0.1) is 13.7 Å². The van der Waals surface area contributed by atoms with Crippen molar-refractivity contribution in [3.8, 4) is 5.75 Å². The Kier molecular flexibility index (Phi) is 5.66. The molecule has 1 amide bonds. The van der Waals surface area contributed by atoms with Gasteiger partial charge in [0.25, 0.3) is 5.91 Å². The Morgan fingerprint density at radius 1 is 1.23 bits per heavy atom. The topological polar surface area (TPSA) is 55.7 Å². The third-order valence-electron chi connectivity index (χ3n) is 6.17. The Labute approximate surface area is 182 Å². The van der Waals surface area contributed by atoms with Gasteiger partial charge in [0, 0.05) is 49.3 Å². The van der Waals surface area contributed by atoms with Gasteiger partial charge in [-0.3, -0.25) is 4.79 Å². The van der Waals surface area contributed by atoms with E-state index in [1.54, 1.807) is 7.11 Å². The lowest BCUT2D eigenvalue weighted by Gasteiger charge is -2.30. The summed E-state index contributed by atoms with van der Waals surface area (Å²) < 4.78 is 13.4. The van der Waals surface area contributed by atoms with Crippen molar-refractivity contribution in [1.82, 2.24) is 14.8 Å². The largest absolute Gasteiger partial charge is 0.497 e. The van der Waals surface area contributed by atoms with Crippen LogP contribution in [0.25, 0.3) is 10.9 Å². The second-order valence-corrected chi connectivity index (χ2v) is 8.41. The second kappa shape index (κ2) is 8.73. The quantitative estimate of drug-likeness (QED) is 0.639. The number of methoxy groups -OCH3 is 1. The number of benzene rings is 2. The fourth-order valence-corrected chi connectivity index (χ4v) is 4.41. The van der Waals surface area contributed by atoms with Crippen molar-refractivity contribution < 1.29 is 14.3 Å². The molecule has 2 heterocycles. The van der Waals surface area contributed by atoms with Gasteiger partial charge in [-0.2, -0.15) is 0 Å². The predicted octanol–water partition coefficient (Wildman–Crippen LogP) is 3.18. The zero-order chi connectivity index (χ0) is 21.2. The van der Waals surface area contributed by atoms with Crippen LogP contribution >= 0.6 is 0 Å². The number of nitrogens with zero attached hydrogens (tertiary/aromatic N) is 2. The summed E-state index contributed by atoms with van der Waals surface area (Å²) >= 11 is 0. The molecule has 3 aromatic rings. The molecule has 0 bridgehead atoms. The van der Waals surface area contributed by atoms with Crippen molar-refractivity contribution in [2.75, 3.05) is 26.8 Å². The van der Waals surface area contributed by atoms with Crippen LogP contribution in [-0.2, 0) is 22.6 Å². The normalized spacial score (nSPS) is 18.8. The van der Waals surface area contributed by atoms with E-state index in [0.717, 1.165) is 31.7 Å². The highest BCUT2D eigenvalue weighted by molar-refractivity contribution is 5.86. The summed E-state index contributed by atoms with van der Waals surface area (Å²) in [5.41, 5.74) is 3.55. The molecular formula is C25H29N3O3. The van der Waals surface area contributed by atoms with Gasteiger partial charge in [0.15, 0.2) is 0 Å². The highest BCUT2D eigenvalue weighted by Gasteiger charge is 2.37. The van der Waals surface area contributed by atoms with Crippen molar-refractivity contribution in [3.63, 3.8) is 0 Å². The molecule has 162 valence electrons. The van der Waals surface area contributed by atoms with E-state index in [0.29, 0.717) is 25.7 Å². The number of nitrogens with one attached hydrogen (secondary N) is 1. The van der Waals surface area contributed by atoms with Gasteiger partial charge in [-0.05, 0) is 42.2 Å². The monoisotopic (exact) mass is 419 g/mol. The molecule has 2 aromatic carbocycles. The first-order chi connectivity index (χ1) is 15.2. The van der Waals surface area contributed by atoms with Crippen molar-refractivity contribution in [2.45, 2.75) is 38.1 Å². The number of fused-ring (bicyclic) bond motifs is 1. The molecule has 6 heteroatoms. The van der Waals surface area contributed by atoms with E-state index in [1.165, 1.54) is 22.0 Å². The maximum absolute atomic E-state index is 13.2. The Balaban J connectivity index is 1.43. The van der Waals surface area contributed by atoms with Crippen LogP contribution < -0.4 is 10.1 Å². The number of hydrogen-bond acceptors (Lipinski definition) is 4. The Hall–Kier alpha value is -2.83. The van der Waals surface area contributed by atoms with Crippen LogP contribution in [0.1, 0.15) is 24.0 Å². The second-order valence-electron chi connectivity index (χ2n) is 8.41. The molecule has 1 aliphatic carbocycles. The molecule has 1 atom stereocenters. The van der Waals surface area contributed by atoms with E-state index in [9.17, 15) is 4.79 Å². The fourth-order valence-electron chi connectivity index (χ4n) is 4.41. The lowest BCUT2D eigenvalue weighted by molar-refractivity contribution is -0.146. The third kappa shape index (κ3) is 4.31. The van der Waals surface area contributed by atoms with E-state index in [4.69, 9.17) is 9.47 Å². The van der Waals surface area contributed by atoms with Crippen LogP contribution in [0.3, 0.4) is 0 Å². The SMILES string of the molecule is COc1cccc(Cn2cc(CN(C(=O)C3CNCCO3)C3CC3)c3ccccc32)c1. The van der Waals surface area contributed by atoms with E-state index >= 15 is 0 Å². The standard InChI is InChI=1S/C25H29N3O3/c1-30-21-6-4-5-18(13-21)15-27-16-19(22-7-2-3-8-23(22)27)17-28(20-9-10-20)25(29)24-14-26-11-12-31-24/h2-8,13,16,20,24,26H,9-12,14-15,17H2,1H3. The first-order valence-corrected chi connectivity index (χ1v) is 11.1. The first kappa shape index (κ1) is 20.1. The van der Waals surface area contributed by atoms with Gasteiger partial charge in [0.1, 0.15) is 11.9 Å². The molecule has 2 fully saturated rings. The van der Waals surface area contributed by atoms with Gasteiger partial charge in [-0.25, -0.2) is 0 Å². The Bertz CT molecular complexity index is 1070. The number of ether oxygens (including phenoxy) is 2. The van der Waals surface area contributed by atoms with Gasteiger partial charge < -0.3 is 24.3 Å². The van der Waals surface area contributed by atoms with Crippen LogP contribution in [0.4, 0.5) is 0 Å². The third-order valence-corrected chi connectivity index (χ3v) is 6.17. The van der Waals surface area contributed by atoms with E-state index in [-0.39, 0.29) is 12.0 Å². The Morgan fingerprint density at radius 2 is 2.10 bits per heavy atom. The van der Waals surface area contributed by atoms with Gasteiger partial charge in [-0.15, -0.1) is 0 Å². The van der Waals surface area contributed by atoms with Gasteiger partial charge in [-0.1, -0.05) is 30.3 Å². The van der Waals surface area contributed by atoms with E-state index < -0.39 is 0 Å². The number of amides is 1. The van der Waals surface area contributed by atoms with Crippen LogP contribution in [0, 0.1) is 0 Å². The summed E-state index contributed by atoms with van der Waals surface area (Å²) in [5.74, 6) is 0.972. The molecule has 1 saturated carbocycles. The molecule has 1 aliphatic heterocycles. The smallest absolute Gasteiger partial charge is 0.253 e. The summed E-state index contributed by atoms with van der Waals surface area (Å²) in [6, 6.07) is 16.9. The van der Waals surface area contributed by atoms with Crippen LogP contribution in [0.2, 0.25) is 0 Å². The summed E-state index contributed by atoms with van der Waals surface area (Å²) in [7, 11) is 1.69. The minimum atomic E-state index is -0.375. The van der Waals surface area contributed by atoms with Crippen molar-refractivity contribution >= 4 is 16.8 Å². The zero-order valence-electron chi connectivity index (χ0n) is 17.9. The molecule has 2 aliphatic rings. The number of hydrogen-bond donors (Lipinski definition) is 1. The predicted molar refractivity (Wildman–Crippen MR) is 120 cm³/mol. The minimum Gasteiger partial charge on any atom is -0.497 e. The van der Waals surface area contributed by atoms with Crippen molar-refractivity contribution in [2.24, 2.45) is 0 Å². The average molecular weight is 420 g/mol. The number of para-hydroxylation sites is 1. The van der Waals surface area contributed by atoms with Gasteiger partial charge >= 0.3 is 0 Å². The minimum absolute atomic E-state index is 0.110. The van der Waals surface area contributed by atoms with Crippen LogP contribution in [0.15, 0.2) is 54.7 Å². The molecule has 1 unspecified atom stereocenters. The molecule has 0 spiro atoms. The summed E-state index contributed by atoms with van der Waals surface area (Å²) in [5, 5.41) is 4.48. The molecule has 0 radical (unpaired) electrons. The summed E-state index contributed by atoms with van der Waals surface area (Å²) in [6.45, 7) is 3.37. The highest BCUT2D eigenvalue weighted by atomic mass is 16.5. The molecular weight excluding hydrogens is 390 g/mol. The first-order valence-electron chi connectivity index (χ1n) is 11.1. The highest BCUT2D eigenvalue weighted by Crippen LogP contribution is 2.32. The van der Waals surface area contributed by atoms with Gasteiger partial charge in [0.2, 0.25) is 0 Å². The summed E-state index contributed by atoms with van der Waals surface area (Å²) in [6.07, 6.45) is 3.98. The lowest BCUT2D eigenvalue weighted by atomic mass is 10.1. The molecule has 31 heavy (non-hydrogen) atoms. The number of morpholine rings is 1. The Morgan fingerprint density at radius 3 is 2.87 bits per heavy atom. The fraction of sp³-hybridized carbons (Fsp3) is 0.400. The molecule has 1 N–H and O–H groups in total. The molecule has 6 nitrogen and oxygen atoms in total. The number of carbonyl (C=O) groups is 1. The maximum Gasteiger partial charge on any atom is 0.253 e. The van der Waals surface area contributed by atoms with Crippen molar-refractivity contribution in [3.05, 3.63) is 65.9 Å². The lowest BCUT2D eigenvalue weighted by Crippen LogP contribution is -2.49. The maximum atomic E-state index is 13.2. The average Bonchev–Trinajstić information content (AvgIpc) is 3.61. The molecule has 1 saturated heterocycles.